The summed E-state index contributed by atoms with van der Waals surface area (Å²) < 4.78 is 18.2. The quantitative estimate of drug-likeness (QED) is 0.619. The zero-order valence-electron chi connectivity index (χ0n) is 15.4. The van der Waals surface area contributed by atoms with Crippen LogP contribution in [0, 0.1) is 11.3 Å². The van der Waals surface area contributed by atoms with Gasteiger partial charge in [-0.1, -0.05) is 6.07 Å². The molecule has 0 spiro atoms. The van der Waals surface area contributed by atoms with Crippen molar-refractivity contribution in [2.45, 2.75) is 26.6 Å². The molecule has 0 atom stereocenters. The predicted octanol–water partition coefficient (Wildman–Crippen LogP) is 3.96. The van der Waals surface area contributed by atoms with Crippen LogP contribution in [0.25, 0.3) is 5.52 Å². The van der Waals surface area contributed by atoms with Crippen LogP contribution in [0.2, 0.25) is 0 Å². The van der Waals surface area contributed by atoms with Gasteiger partial charge in [0.05, 0.1) is 29.9 Å². The molecule has 0 aliphatic carbocycles. The van der Waals surface area contributed by atoms with Crippen molar-refractivity contribution in [2.24, 2.45) is 0 Å². The second-order valence-corrected chi connectivity index (χ2v) is 6.24. The zero-order chi connectivity index (χ0) is 19.4. The van der Waals surface area contributed by atoms with Crippen LogP contribution in [0.15, 0.2) is 48.8 Å². The average Bonchev–Trinajstić information content (AvgIpc) is 3.03. The van der Waals surface area contributed by atoms with E-state index in [2.05, 4.69) is 6.07 Å². The summed E-state index contributed by atoms with van der Waals surface area (Å²) in [6.07, 6.45) is 3.63. The van der Waals surface area contributed by atoms with E-state index in [-0.39, 0.29) is 12.7 Å². The molecule has 27 heavy (non-hydrogen) atoms. The Bertz CT molecular complexity index is 1010. The molecule has 0 N–H and O–H groups in total. The molecule has 0 unspecified atom stereocenters. The summed E-state index contributed by atoms with van der Waals surface area (Å²) in [6, 6.07) is 12.7. The highest BCUT2D eigenvalue weighted by Gasteiger charge is 2.16. The van der Waals surface area contributed by atoms with Crippen LogP contribution in [-0.2, 0) is 11.3 Å². The maximum atomic E-state index is 12.4. The van der Waals surface area contributed by atoms with E-state index in [0.29, 0.717) is 28.2 Å². The number of carbonyl (C=O) groups excluding carboxylic acids is 1. The SMILES string of the molecule is COc1cc(C(=O)OCc2cn3ccccc3c2C#N)ccc1OC(C)C. The van der Waals surface area contributed by atoms with Crippen molar-refractivity contribution >= 4 is 11.5 Å². The summed E-state index contributed by atoms with van der Waals surface area (Å²) in [5, 5.41) is 9.42. The molecule has 2 aromatic heterocycles. The van der Waals surface area contributed by atoms with Crippen molar-refractivity contribution in [3.8, 4) is 17.6 Å². The molecule has 0 aliphatic heterocycles. The molecule has 3 rings (SSSR count). The minimum absolute atomic E-state index is 0.00919. The molecule has 1 aromatic carbocycles. The lowest BCUT2D eigenvalue weighted by atomic mass is 10.2. The molecule has 0 saturated heterocycles. The number of nitrogens with zero attached hydrogens (tertiary/aromatic N) is 2. The van der Waals surface area contributed by atoms with Crippen LogP contribution in [0.5, 0.6) is 11.5 Å². The molecule has 0 radical (unpaired) electrons. The number of carbonyl (C=O) groups is 1. The summed E-state index contributed by atoms with van der Waals surface area (Å²) in [7, 11) is 1.52. The number of hydrogen-bond acceptors (Lipinski definition) is 5. The molecule has 6 nitrogen and oxygen atoms in total. The highest BCUT2D eigenvalue weighted by molar-refractivity contribution is 5.90. The Hall–Kier alpha value is -3.46. The van der Waals surface area contributed by atoms with Crippen LogP contribution in [0.3, 0.4) is 0 Å². The number of hydrogen-bond donors (Lipinski definition) is 0. The molecule has 2 heterocycles. The van der Waals surface area contributed by atoms with Crippen molar-refractivity contribution in [2.75, 3.05) is 7.11 Å². The first-order chi connectivity index (χ1) is 13.0. The van der Waals surface area contributed by atoms with Crippen molar-refractivity contribution in [1.82, 2.24) is 4.40 Å². The molecular weight excluding hydrogens is 344 g/mol. The Morgan fingerprint density at radius 2 is 2.04 bits per heavy atom. The summed E-state index contributed by atoms with van der Waals surface area (Å²) in [4.78, 5) is 12.4. The van der Waals surface area contributed by atoms with E-state index in [1.54, 1.807) is 24.4 Å². The number of benzene rings is 1. The number of rotatable bonds is 6. The molecule has 0 aliphatic rings. The molecule has 3 aromatic rings. The molecule has 0 amide bonds. The fourth-order valence-electron chi connectivity index (χ4n) is 2.79. The summed E-state index contributed by atoms with van der Waals surface area (Å²) in [6.45, 7) is 3.84. The van der Waals surface area contributed by atoms with Gasteiger partial charge in [-0.2, -0.15) is 5.26 Å². The highest BCUT2D eigenvalue weighted by atomic mass is 16.5. The van der Waals surface area contributed by atoms with Crippen molar-refractivity contribution in [3.05, 3.63) is 65.5 Å². The second-order valence-electron chi connectivity index (χ2n) is 6.24. The van der Waals surface area contributed by atoms with Crippen LogP contribution >= 0.6 is 0 Å². The van der Waals surface area contributed by atoms with E-state index < -0.39 is 5.97 Å². The van der Waals surface area contributed by atoms with Crippen LogP contribution in [0.4, 0.5) is 0 Å². The van der Waals surface area contributed by atoms with E-state index >= 15 is 0 Å². The summed E-state index contributed by atoms with van der Waals surface area (Å²) in [5.74, 6) is 0.531. The monoisotopic (exact) mass is 364 g/mol. The number of fused-ring (bicyclic) bond motifs is 1. The lowest BCUT2D eigenvalue weighted by Gasteiger charge is -2.14. The van der Waals surface area contributed by atoms with Gasteiger partial charge in [-0.15, -0.1) is 0 Å². The third kappa shape index (κ3) is 3.87. The fraction of sp³-hybridized carbons (Fsp3) is 0.238. The minimum Gasteiger partial charge on any atom is -0.493 e. The van der Waals surface area contributed by atoms with Crippen LogP contribution in [0.1, 0.15) is 35.3 Å². The topological polar surface area (TPSA) is 73.0 Å². The van der Waals surface area contributed by atoms with E-state index in [4.69, 9.17) is 14.2 Å². The van der Waals surface area contributed by atoms with Gasteiger partial charge in [0.2, 0.25) is 0 Å². The fourth-order valence-corrected chi connectivity index (χ4v) is 2.79. The minimum atomic E-state index is -0.497. The van der Waals surface area contributed by atoms with Gasteiger partial charge < -0.3 is 18.6 Å². The Balaban J connectivity index is 1.77. The van der Waals surface area contributed by atoms with Gasteiger partial charge in [0.15, 0.2) is 11.5 Å². The lowest BCUT2D eigenvalue weighted by Crippen LogP contribution is -2.09. The summed E-state index contributed by atoms with van der Waals surface area (Å²) >= 11 is 0. The standard InChI is InChI=1S/C21H20N2O4/c1-14(2)27-19-8-7-15(10-20(19)25-3)21(24)26-13-16-12-23-9-5-4-6-18(23)17(16)11-22/h4-10,12,14H,13H2,1-3H3. The zero-order valence-corrected chi connectivity index (χ0v) is 15.4. The number of nitriles is 1. The molecule has 138 valence electrons. The van der Waals surface area contributed by atoms with Gasteiger partial charge in [0, 0.05) is 18.0 Å². The van der Waals surface area contributed by atoms with Gasteiger partial charge in [-0.05, 0) is 44.2 Å². The first-order valence-electron chi connectivity index (χ1n) is 8.54. The first-order valence-corrected chi connectivity index (χ1v) is 8.54. The highest BCUT2D eigenvalue weighted by Crippen LogP contribution is 2.29. The van der Waals surface area contributed by atoms with Gasteiger partial charge in [0.1, 0.15) is 12.7 Å². The number of methoxy groups -OCH3 is 1. The van der Waals surface area contributed by atoms with E-state index in [1.165, 1.54) is 7.11 Å². The van der Waals surface area contributed by atoms with E-state index in [0.717, 1.165) is 5.52 Å². The van der Waals surface area contributed by atoms with Crippen molar-refractivity contribution < 1.29 is 19.0 Å². The van der Waals surface area contributed by atoms with Crippen molar-refractivity contribution in [3.63, 3.8) is 0 Å². The Morgan fingerprint density at radius 1 is 1.22 bits per heavy atom. The maximum Gasteiger partial charge on any atom is 0.338 e. The Morgan fingerprint density at radius 3 is 2.74 bits per heavy atom. The van der Waals surface area contributed by atoms with Gasteiger partial charge in [0.25, 0.3) is 0 Å². The van der Waals surface area contributed by atoms with Gasteiger partial charge in [-0.25, -0.2) is 4.79 Å². The number of ether oxygens (including phenoxy) is 3. The number of aromatic nitrogens is 1. The largest absolute Gasteiger partial charge is 0.493 e. The molecule has 0 saturated carbocycles. The lowest BCUT2D eigenvalue weighted by molar-refractivity contribution is 0.0472. The Kier molecular flexibility index (Phi) is 5.32. The van der Waals surface area contributed by atoms with Crippen LogP contribution < -0.4 is 9.47 Å². The van der Waals surface area contributed by atoms with Gasteiger partial charge in [-0.3, -0.25) is 0 Å². The van der Waals surface area contributed by atoms with Gasteiger partial charge >= 0.3 is 5.97 Å². The number of pyridine rings is 1. The number of esters is 1. The molecule has 0 fully saturated rings. The van der Waals surface area contributed by atoms with Crippen LogP contribution in [-0.4, -0.2) is 23.6 Å². The normalized spacial score (nSPS) is 10.6. The molecule has 0 bridgehead atoms. The average molecular weight is 364 g/mol. The third-order valence-electron chi connectivity index (χ3n) is 3.99. The maximum absolute atomic E-state index is 12.4. The first kappa shape index (κ1) is 18.3. The van der Waals surface area contributed by atoms with E-state index in [1.807, 2.05) is 42.6 Å². The molecular formula is C21H20N2O4. The third-order valence-corrected chi connectivity index (χ3v) is 3.99. The smallest absolute Gasteiger partial charge is 0.338 e. The molecule has 6 heteroatoms. The summed E-state index contributed by atoms with van der Waals surface area (Å²) in [5.41, 5.74) is 2.29. The van der Waals surface area contributed by atoms with Crippen molar-refractivity contribution in [1.29, 1.82) is 5.26 Å². The van der Waals surface area contributed by atoms with E-state index in [9.17, 15) is 10.1 Å². The Labute approximate surface area is 157 Å². The predicted molar refractivity (Wildman–Crippen MR) is 100.0 cm³/mol. The second kappa shape index (κ2) is 7.83.